The van der Waals surface area contributed by atoms with Crippen LogP contribution in [0.25, 0.3) is 0 Å². The molecule has 3 rings (SSSR count). The topological polar surface area (TPSA) is 41.9 Å². The van der Waals surface area contributed by atoms with Gasteiger partial charge >= 0.3 is 0 Å². The minimum atomic E-state index is 0.388. The molecular weight excluding hydrogens is 434 g/mol. The molecule has 0 spiro atoms. The minimum Gasteiger partial charge on any atom is -0.332 e. The Hall–Kier alpha value is -1.50. The van der Waals surface area contributed by atoms with Gasteiger partial charge in [0.05, 0.1) is 18.4 Å². The molecule has 134 valence electrons. The van der Waals surface area contributed by atoms with Crippen molar-refractivity contribution in [2.75, 3.05) is 10.6 Å². The van der Waals surface area contributed by atoms with E-state index < -0.39 is 0 Å². The van der Waals surface area contributed by atoms with Gasteiger partial charge in [0, 0.05) is 37.5 Å². The Bertz CT molecular complexity index is 917. The van der Waals surface area contributed by atoms with Crippen LogP contribution in [-0.4, -0.2) is 14.9 Å². The Balaban J connectivity index is 1.65. The second kappa shape index (κ2) is 8.46. The Morgan fingerprint density at radius 3 is 2.23 bits per heavy atom. The zero-order chi connectivity index (χ0) is 18.7. The summed E-state index contributed by atoms with van der Waals surface area (Å²) in [5.74, 6) is 0. The Labute approximate surface area is 176 Å². The standard InChI is InChI=1S/C17H12Cl4N4S/c18-10-4-11(19)6-12(5-10)23-17(26)24-13-7-22-25(8-13)9-14-15(20)2-1-3-16(14)21/h1-8H,9H2,(H2,23,24,26). The average molecular weight is 446 g/mol. The van der Waals surface area contributed by atoms with Gasteiger partial charge < -0.3 is 10.6 Å². The maximum Gasteiger partial charge on any atom is 0.175 e. The monoisotopic (exact) mass is 444 g/mol. The van der Waals surface area contributed by atoms with E-state index in [-0.39, 0.29) is 0 Å². The van der Waals surface area contributed by atoms with Gasteiger partial charge in [-0.05, 0) is 42.5 Å². The van der Waals surface area contributed by atoms with Crippen molar-refractivity contribution in [3.8, 4) is 0 Å². The minimum absolute atomic E-state index is 0.388. The van der Waals surface area contributed by atoms with E-state index in [1.807, 2.05) is 0 Å². The molecule has 0 saturated carbocycles. The number of hydrogen-bond acceptors (Lipinski definition) is 2. The summed E-state index contributed by atoms with van der Waals surface area (Å²) in [6, 6.07) is 10.5. The van der Waals surface area contributed by atoms with Gasteiger partial charge in [-0.25, -0.2) is 0 Å². The molecule has 0 unspecified atom stereocenters. The molecule has 0 atom stereocenters. The Morgan fingerprint density at radius 1 is 0.962 bits per heavy atom. The molecule has 0 saturated heterocycles. The first kappa shape index (κ1) is 19.3. The van der Waals surface area contributed by atoms with E-state index in [2.05, 4.69) is 15.7 Å². The van der Waals surface area contributed by atoms with Crippen LogP contribution in [0.3, 0.4) is 0 Å². The molecule has 1 aromatic heterocycles. The lowest BCUT2D eigenvalue weighted by molar-refractivity contribution is 0.687. The third-order valence-corrected chi connectivity index (χ3v) is 4.74. The van der Waals surface area contributed by atoms with Crippen LogP contribution in [0.15, 0.2) is 48.8 Å². The maximum atomic E-state index is 6.19. The second-order valence-electron chi connectivity index (χ2n) is 5.36. The van der Waals surface area contributed by atoms with Gasteiger partial charge in [0.25, 0.3) is 0 Å². The van der Waals surface area contributed by atoms with E-state index in [4.69, 9.17) is 58.6 Å². The highest BCUT2D eigenvalue weighted by molar-refractivity contribution is 7.80. The smallest absolute Gasteiger partial charge is 0.175 e. The number of hydrogen-bond donors (Lipinski definition) is 2. The molecule has 1 heterocycles. The lowest BCUT2D eigenvalue weighted by atomic mass is 10.2. The Kier molecular flexibility index (Phi) is 6.27. The van der Waals surface area contributed by atoms with Gasteiger partial charge in [0.15, 0.2) is 5.11 Å². The first-order valence-electron chi connectivity index (χ1n) is 7.40. The van der Waals surface area contributed by atoms with Crippen LogP contribution in [0.2, 0.25) is 20.1 Å². The highest BCUT2D eigenvalue weighted by Crippen LogP contribution is 2.25. The van der Waals surface area contributed by atoms with E-state index in [0.29, 0.717) is 37.4 Å². The van der Waals surface area contributed by atoms with E-state index >= 15 is 0 Å². The SMILES string of the molecule is S=C(Nc1cc(Cl)cc(Cl)c1)Nc1cnn(Cc2c(Cl)cccc2Cl)c1. The molecule has 0 amide bonds. The molecule has 0 aliphatic rings. The molecule has 4 nitrogen and oxygen atoms in total. The lowest BCUT2D eigenvalue weighted by Gasteiger charge is -2.10. The summed E-state index contributed by atoms with van der Waals surface area (Å²) < 4.78 is 1.72. The summed E-state index contributed by atoms with van der Waals surface area (Å²) in [4.78, 5) is 0. The summed E-state index contributed by atoms with van der Waals surface area (Å²) >= 11 is 29.6. The summed E-state index contributed by atoms with van der Waals surface area (Å²) in [5.41, 5.74) is 2.22. The fraction of sp³-hybridized carbons (Fsp3) is 0.0588. The van der Waals surface area contributed by atoms with Crippen molar-refractivity contribution in [1.82, 2.24) is 9.78 Å². The summed E-state index contributed by atoms with van der Waals surface area (Å²) in [5, 5.41) is 13.0. The van der Waals surface area contributed by atoms with E-state index in [0.717, 1.165) is 11.3 Å². The van der Waals surface area contributed by atoms with Gasteiger partial charge in [-0.2, -0.15) is 5.10 Å². The van der Waals surface area contributed by atoms with Crippen LogP contribution in [0.5, 0.6) is 0 Å². The van der Waals surface area contributed by atoms with E-state index in [9.17, 15) is 0 Å². The first-order valence-corrected chi connectivity index (χ1v) is 9.32. The predicted molar refractivity (Wildman–Crippen MR) is 114 cm³/mol. The number of anilines is 2. The maximum absolute atomic E-state index is 6.19. The van der Waals surface area contributed by atoms with Crippen LogP contribution in [0.1, 0.15) is 5.56 Å². The zero-order valence-electron chi connectivity index (χ0n) is 13.1. The largest absolute Gasteiger partial charge is 0.332 e. The second-order valence-corrected chi connectivity index (χ2v) is 7.46. The predicted octanol–water partition coefficient (Wildman–Crippen LogP) is 6.35. The highest BCUT2D eigenvalue weighted by atomic mass is 35.5. The molecular formula is C17H12Cl4N4S. The van der Waals surface area contributed by atoms with Gasteiger partial charge in [-0.15, -0.1) is 0 Å². The van der Waals surface area contributed by atoms with Crippen LogP contribution in [-0.2, 0) is 6.54 Å². The molecule has 0 aliphatic heterocycles. The van der Waals surface area contributed by atoms with Crippen LogP contribution < -0.4 is 10.6 Å². The van der Waals surface area contributed by atoms with E-state index in [1.165, 1.54) is 0 Å². The lowest BCUT2D eigenvalue weighted by Crippen LogP contribution is -2.18. The number of thiocarbonyl (C=S) groups is 1. The van der Waals surface area contributed by atoms with Crippen molar-refractivity contribution in [2.24, 2.45) is 0 Å². The van der Waals surface area contributed by atoms with Crippen LogP contribution in [0.4, 0.5) is 11.4 Å². The van der Waals surface area contributed by atoms with Crippen molar-refractivity contribution in [3.05, 3.63) is 74.4 Å². The molecule has 0 radical (unpaired) electrons. The number of nitrogens with zero attached hydrogens (tertiary/aromatic N) is 2. The average Bonchev–Trinajstić information content (AvgIpc) is 2.97. The summed E-state index contributed by atoms with van der Waals surface area (Å²) in [6.07, 6.45) is 3.46. The fourth-order valence-electron chi connectivity index (χ4n) is 2.28. The number of nitrogens with one attached hydrogen (secondary N) is 2. The summed E-state index contributed by atoms with van der Waals surface area (Å²) in [7, 11) is 0. The van der Waals surface area contributed by atoms with Crippen molar-refractivity contribution in [1.29, 1.82) is 0 Å². The normalized spacial score (nSPS) is 10.6. The van der Waals surface area contributed by atoms with Gasteiger partial charge in [-0.3, -0.25) is 4.68 Å². The van der Waals surface area contributed by atoms with Crippen LogP contribution in [0, 0.1) is 0 Å². The molecule has 26 heavy (non-hydrogen) atoms. The summed E-state index contributed by atoms with van der Waals surface area (Å²) in [6.45, 7) is 0.449. The fourth-order valence-corrected chi connectivity index (χ4v) is 3.56. The third-order valence-electron chi connectivity index (χ3n) is 3.39. The van der Waals surface area contributed by atoms with E-state index in [1.54, 1.807) is 53.5 Å². The molecule has 0 fully saturated rings. The van der Waals surface area contributed by atoms with Gasteiger partial charge in [0.2, 0.25) is 0 Å². The molecule has 9 heteroatoms. The van der Waals surface area contributed by atoms with Gasteiger partial charge in [0.1, 0.15) is 0 Å². The molecule has 3 aromatic rings. The number of halogens is 4. The van der Waals surface area contributed by atoms with Crippen LogP contribution >= 0.6 is 58.6 Å². The quantitative estimate of drug-likeness (QED) is 0.458. The Morgan fingerprint density at radius 2 is 1.58 bits per heavy atom. The molecule has 2 N–H and O–H groups in total. The van der Waals surface area contributed by atoms with Gasteiger partial charge in [-0.1, -0.05) is 52.5 Å². The number of rotatable bonds is 4. The molecule has 0 aliphatic carbocycles. The van der Waals surface area contributed by atoms with Crippen molar-refractivity contribution in [3.63, 3.8) is 0 Å². The molecule has 2 aromatic carbocycles. The van der Waals surface area contributed by atoms with Crippen molar-refractivity contribution >= 4 is 75.1 Å². The van der Waals surface area contributed by atoms with Crippen molar-refractivity contribution < 1.29 is 0 Å². The highest BCUT2D eigenvalue weighted by Gasteiger charge is 2.08. The zero-order valence-corrected chi connectivity index (χ0v) is 17.0. The number of aromatic nitrogens is 2. The number of benzene rings is 2. The third kappa shape index (κ3) is 5.02. The van der Waals surface area contributed by atoms with Crippen molar-refractivity contribution in [2.45, 2.75) is 6.54 Å². The molecule has 0 bridgehead atoms. The first-order chi connectivity index (χ1) is 12.4.